The molecule has 2 amide bonds. The van der Waals surface area contributed by atoms with E-state index in [2.05, 4.69) is 0 Å². The number of amides is 2. The number of nitro groups is 2. The number of non-ortho nitro benzene ring substituents is 2. The monoisotopic (exact) mass is 890 g/mol. The van der Waals surface area contributed by atoms with Crippen molar-refractivity contribution in [1.29, 1.82) is 0 Å². The van der Waals surface area contributed by atoms with Crippen molar-refractivity contribution in [3.05, 3.63) is 79.9 Å². The zero-order chi connectivity index (χ0) is 42.8. The Hall–Kier alpha value is -3.30. The molecule has 0 heterocycles. The van der Waals surface area contributed by atoms with Gasteiger partial charge in [0.15, 0.2) is 0 Å². The van der Waals surface area contributed by atoms with Gasteiger partial charge in [-0.15, -0.1) is 0 Å². The molecule has 2 atom stereocenters. The van der Waals surface area contributed by atoms with Crippen LogP contribution < -0.4 is 9.44 Å². The Kier molecular flexibility index (Phi) is 24.7. The minimum absolute atomic E-state index is 0.0848. The SMILES string of the molecule is CC(OS(=O)(=O)NC(=O)CCCCCCCCCCSSCCCCCCCCCCC(=O)NS(=O)(=O)OC(C)c1ccc([N+](=O)[O-])cc1)c1ccc([N+](=O)[O-])cc1. The molecule has 16 nitrogen and oxygen atoms in total. The lowest BCUT2D eigenvalue weighted by atomic mass is 10.1. The number of rotatable bonds is 33. The molecule has 2 unspecified atom stereocenters. The Balaban J connectivity index is 1.33. The summed E-state index contributed by atoms with van der Waals surface area (Å²) >= 11 is 0. The number of carbonyl (C=O) groups excluding carboxylic acids is 2. The molecule has 2 rings (SSSR count). The molecule has 326 valence electrons. The summed E-state index contributed by atoms with van der Waals surface area (Å²) in [5.41, 5.74) is 0.618. The Labute approximate surface area is 351 Å². The van der Waals surface area contributed by atoms with Gasteiger partial charge in [-0.2, -0.15) is 16.8 Å². The fourth-order valence-corrected chi connectivity index (χ4v) is 9.92. The topological polar surface area (TPSA) is 231 Å². The van der Waals surface area contributed by atoms with Crippen molar-refractivity contribution in [2.75, 3.05) is 11.5 Å². The van der Waals surface area contributed by atoms with E-state index in [0.29, 0.717) is 24.0 Å². The molecule has 2 aromatic carbocycles. The Morgan fingerprint density at radius 2 is 0.810 bits per heavy atom. The number of hydrogen-bond acceptors (Lipinski definition) is 14. The predicted octanol–water partition coefficient (Wildman–Crippen LogP) is 9.48. The van der Waals surface area contributed by atoms with Crippen LogP contribution in [-0.2, 0) is 38.6 Å². The molecule has 0 spiro atoms. The van der Waals surface area contributed by atoms with E-state index in [1.165, 1.54) is 101 Å². The van der Waals surface area contributed by atoms with E-state index in [1.54, 1.807) is 0 Å². The molecule has 20 heteroatoms. The van der Waals surface area contributed by atoms with Crippen LogP contribution in [0.3, 0.4) is 0 Å². The van der Waals surface area contributed by atoms with Crippen LogP contribution in [-0.4, -0.2) is 50.0 Å². The second-order valence-corrected chi connectivity index (χ2v) is 19.2. The first-order valence-electron chi connectivity index (χ1n) is 19.8. The van der Waals surface area contributed by atoms with Crippen LogP contribution >= 0.6 is 21.6 Å². The maximum Gasteiger partial charge on any atom is 0.362 e. The van der Waals surface area contributed by atoms with Crippen molar-refractivity contribution in [3.63, 3.8) is 0 Å². The van der Waals surface area contributed by atoms with Crippen LogP contribution in [0, 0.1) is 20.2 Å². The third-order valence-corrected chi connectivity index (χ3v) is 13.6. The number of nitrogens with one attached hydrogen (secondary N) is 2. The van der Waals surface area contributed by atoms with Gasteiger partial charge in [-0.3, -0.25) is 29.8 Å². The smallest absolute Gasteiger partial charge is 0.274 e. The van der Waals surface area contributed by atoms with Crippen LogP contribution in [0.5, 0.6) is 0 Å². The van der Waals surface area contributed by atoms with Crippen LogP contribution in [0.2, 0.25) is 0 Å². The molecule has 0 radical (unpaired) electrons. The standard InChI is InChI=1S/C38H58N4O12S4/c1-31(33-21-25-35(26-22-33)41(45)46)53-57(49,50)39-37(43)19-15-11-7-3-5-9-13-17-29-55-56-30-18-14-10-6-4-8-12-16-20-38(44)40-58(51,52)54-32(2)34-23-27-36(28-24-34)42(47)48/h21-28,31-32H,3-20,29-30H2,1-2H3,(H,39,43)(H,40,44). The zero-order valence-electron chi connectivity index (χ0n) is 33.3. The number of carbonyl (C=O) groups is 2. The van der Waals surface area contributed by atoms with Crippen molar-refractivity contribution in [2.45, 2.75) is 142 Å². The molecule has 0 aromatic heterocycles. The molecule has 2 N–H and O–H groups in total. The van der Waals surface area contributed by atoms with Crippen molar-refractivity contribution in [2.24, 2.45) is 0 Å². The molecule has 0 saturated heterocycles. The second kappa shape index (κ2) is 28.2. The quantitative estimate of drug-likeness (QED) is 0.0294. The number of unbranched alkanes of at least 4 members (excludes halogenated alkanes) is 14. The van der Waals surface area contributed by atoms with Gasteiger partial charge in [-0.1, -0.05) is 98.6 Å². The molecule has 0 aliphatic carbocycles. The summed E-state index contributed by atoms with van der Waals surface area (Å²) in [5, 5.41) is 21.6. The van der Waals surface area contributed by atoms with E-state index in [-0.39, 0.29) is 24.2 Å². The highest BCUT2D eigenvalue weighted by atomic mass is 33.1. The first-order valence-corrected chi connectivity index (χ1v) is 25.1. The van der Waals surface area contributed by atoms with Crippen LogP contribution in [0.15, 0.2) is 48.5 Å². The molecular formula is C38H58N4O12S4. The molecule has 0 aliphatic heterocycles. The molecule has 2 aromatic rings. The maximum absolute atomic E-state index is 12.2. The van der Waals surface area contributed by atoms with E-state index >= 15 is 0 Å². The predicted molar refractivity (Wildman–Crippen MR) is 227 cm³/mol. The van der Waals surface area contributed by atoms with E-state index < -0.39 is 54.5 Å². The Bertz CT molecular complexity index is 1630. The third-order valence-electron chi connectivity index (χ3n) is 9.01. The van der Waals surface area contributed by atoms with Gasteiger partial charge in [-0.05, 0) is 74.9 Å². The largest absolute Gasteiger partial charge is 0.362 e. The van der Waals surface area contributed by atoms with Crippen molar-refractivity contribution < 1.29 is 44.6 Å². The molecule has 0 aliphatic rings. The summed E-state index contributed by atoms with van der Waals surface area (Å²) in [4.78, 5) is 44.7. The van der Waals surface area contributed by atoms with Gasteiger partial charge in [0.25, 0.3) is 11.4 Å². The molecule has 0 fully saturated rings. The Morgan fingerprint density at radius 3 is 1.10 bits per heavy atom. The highest BCUT2D eigenvalue weighted by Crippen LogP contribution is 2.26. The lowest BCUT2D eigenvalue weighted by molar-refractivity contribution is -0.385. The average molecular weight is 891 g/mol. The van der Waals surface area contributed by atoms with Crippen LogP contribution in [0.4, 0.5) is 11.4 Å². The zero-order valence-corrected chi connectivity index (χ0v) is 36.6. The van der Waals surface area contributed by atoms with Crippen molar-refractivity contribution in [3.8, 4) is 0 Å². The fraction of sp³-hybridized carbons (Fsp3) is 0.632. The van der Waals surface area contributed by atoms with Crippen LogP contribution in [0.25, 0.3) is 0 Å². The summed E-state index contributed by atoms with van der Waals surface area (Å²) in [6, 6.07) is 10.7. The lowest BCUT2D eigenvalue weighted by Crippen LogP contribution is -2.32. The van der Waals surface area contributed by atoms with Crippen LogP contribution in [0.1, 0.15) is 153 Å². The van der Waals surface area contributed by atoms with E-state index in [9.17, 15) is 46.7 Å². The minimum Gasteiger partial charge on any atom is -0.274 e. The summed E-state index contributed by atoms with van der Waals surface area (Å²) in [6.45, 7) is 2.96. The maximum atomic E-state index is 12.2. The summed E-state index contributed by atoms with van der Waals surface area (Å²) in [7, 11) is -4.77. The van der Waals surface area contributed by atoms with Gasteiger partial charge < -0.3 is 0 Å². The number of nitrogens with zero attached hydrogens (tertiary/aromatic N) is 2. The van der Waals surface area contributed by atoms with E-state index in [4.69, 9.17) is 8.37 Å². The fourth-order valence-electron chi connectivity index (χ4n) is 5.79. The second-order valence-electron chi connectivity index (χ2n) is 13.9. The highest BCUT2D eigenvalue weighted by Gasteiger charge is 2.22. The third kappa shape index (κ3) is 23.3. The molecular weight excluding hydrogens is 833 g/mol. The van der Waals surface area contributed by atoms with E-state index in [1.807, 2.05) is 31.0 Å². The van der Waals surface area contributed by atoms with Gasteiger partial charge in [0.2, 0.25) is 11.8 Å². The van der Waals surface area contributed by atoms with Gasteiger partial charge in [-0.25, -0.2) is 17.8 Å². The molecule has 0 saturated carbocycles. The lowest BCUT2D eigenvalue weighted by Gasteiger charge is -2.13. The van der Waals surface area contributed by atoms with E-state index in [0.717, 1.165) is 62.9 Å². The van der Waals surface area contributed by atoms with Gasteiger partial charge >= 0.3 is 20.6 Å². The number of benzene rings is 2. The molecule has 58 heavy (non-hydrogen) atoms. The molecule has 0 bridgehead atoms. The average Bonchev–Trinajstić information content (AvgIpc) is 3.16. The Morgan fingerprint density at radius 1 is 0.534 bits per heavy atom. The summed E-state index contributed by atoms with van der Waals surface area (Å²) in [6.07, 6.45) is 14.7. The van der Waals surface area contributed by atoms with Gasteiger partial charge in [0.05, 0.1) is 9.85 Å². The summed E-state index contributed by atoms with van der Waals surface area (Å²) in [5.74, 6) is 1.02. The number of nitro benzene ring substituents is 2. The van der Waals surface area contributed by atoms with Gasteiger partial charge in [0, 0.05) is 48.6 Å². The first-order chi connectivity index (χ1) is 27.6. The normalized spacial score (nSPS) is 12.8. The number of hydrogen-bond donors (Lipinski definition) is 2. The minimum atomic E-state index is -4.31. The summed E-state index contributed by atoms with van der Waals surface area (Å²) < 4.78 is 62.7. The van der Waals surface area contributed by atoms with Crippen molar-refractivity contribution >= 4 is 65.4 Å². The first kappa shape index (κ1) is 50.8. The van der Waals surface area contributed by atoms with Gasteiger partial charge in [0.1, 0.15) is 12.2 Å². The highest BCUT2D eigenvalue weighted by molar-refractivity contribution is 8.76. The van der Waals surface area contributed by atoms with Crippen molar-refractivity contribution in [1.82, 2.24) is 9.44 Å².